The molecule has 0 fully saturated rings. The minimum absolute atomic E-state index is 0.163. The Hall–Kier alpha value is -1.29. The molecule has 0 aliphatic heterocycles. The van der Waals surface area contributed by atoms with Crippen LogP contribution in [0.3, 0.4) is 0 Å². The smallest absolute Gasteiger partial charge is 0.200 e. The van der Waals surface area contributed by atoms with Crippen molar-refractivity contribution in [2.24, 2.45) is 0 Å². The van der Waals surface area contributed by atoms with E-state index >= 15 is 0 Å². The van der Waals surface area contributed by atoms with Crippen LogP contribution in [0.25, 0.3) is 0 Å². The molecule has 0 aliphatic rings. The molecule has 0 unspecified atom stereocenters. The Balaban J connectivity index is 2.17. The van der Waals surface area contributed by atoms with Crippen molar-refractivity contribution in [1.82, 2.24) is 4.98 Å². The molecule has 0 radical (unpaired) electrons. The van der Waals surface area contributed by atoms with Crippen molar-refractivity contribution in [2.45, 2.75) is 13.8 Å². The Kier molecular flexibility index (Phi) is 5.09. The molecule has 1 heterocycles. The van der Waals surface area contributed by atoms with E-state index in [0.29, 0.717) is 32.0 Å². The molecule has 1 aromatic carbocycles. The van der Waals surface area contributed by atoms with Crippen molar-refractivity contribution in [3.8, 4) is 5.75 Å². The summed E-state index contributed by atoms with van der Waals surface area (Å²) in [6.45, 7) is 3.34. The molecule has 2 rings (SSSR count). The first-order chi connectivity index (χ1) is 9.90. The van der Waals surface area contributed by atoms with Crippen LogP contribution in [0.4, 0.5) is 0 Å². The molecule has 0 atom stereocenters. The highest BCUT2D eigenvalue weighted by Crippen LogP contribution is 2.36. The van der Waals surface area contributed by atoms with Crippen LogP contribution in [-0.2, 0) is 0 Å². The van der Waals surface area contributed by atoms with Gasteiger partial charge in [0.05, 0.1) is 11.4 Å². The number of carbonyl (C=O) groups excluding carboxylic acids is 1. The van der Waals surface area contributed by atoms with E-state index in [-0.39, 0.29) is 18.1 Å². The number of benzene rings is 1. The van der Waals surface area contributed by atoms with Crippen molar-refractivity contribution in [1.29, 1.82) is 0 Å². The summed E-state index contributed by atoms with van der Waals surface area (Å²) < 4.78 is 5.49. The minimum atomic E-state index is -0.189. The second-order valence-corrected chi connectivity index (χ2v) is 5.65. The number of ether oxygens (including phenoxy) is 1. The Morgan fingerprint density at radius 3 is 2.10 bits per heavy atom. The zero-order valence-corrected chi connectivity index (χ0v) is 13.7. The van der Waals surface area contributed by atoms with Gasteiger partial charge in [-0.1, -0.05) is 34.8 Å². The van der Waals surface area contributed by atoms with Gasteiger partial charge in [-0.25, -0.2) is 0 Å². The Morgan fingerprint density at radius 2 is 1.57 bits per heavy atom. The Morgan fingerprint density at radius 1 is 1.05 bits per heavy atom. The van der Waals surface area contributed by atoms with Crippen molar-refractivity contribution >= 4 is 40.6 Å². The summed E-state index contributed by atoms with van der Waals surface area (Å²) in [5, 5.41) is 1.20. The third-order valence-corrected chi connectivity index (χ3v) is 4.03. The highest BCUT2D eigenvalue weighted by Gasteiger charge is 2.16. The minimum Gasteiger partial charge on any atom is -0.482 e. The first kappa shape index (κ1) is 16.1. The molecule has 0 saturated heterocycles. The number of hydrogen-bond donors (Lipinski definition) is 0. The topological polar surface area (TPSA) is 39.2 Å². The van der Waals surface area contributed by atoms with E-state index in [1.165, 1.54) is 0 Å². The van der Waals surface area contributed by atoms with Gasteiger partial charge in [0.2, 0.25) is 0 Å². The first-order valence-corrected chi connectivity index (χ1v) is 7.27. The summed E-state index contributed by atoms with van der Waals surface area (Å²) >= 11 is 18.0. The molecule has 6 heteroatoms. The number of ketones is 1. The van der Waals surface area contributed by atoms with Gasteiger partial charge in [0, 0.05) is 10.6 Å². The fourth-order valence-corrected chi connectivity index (χ4v) is 2.32. The lowest BCUT2D eigenvalue weighted by molar-refractivity contribution is 0.0921. The van der Waals surface area contributed by atoms with Crippen molar-refractivity contribution in [3.05, 3.63) is 56.3 Å². The fraction of sp³-hybridized carbons (Fsp3) is 0.200. The summed E-state index contributed by atoms with van der Waals surface area (Å²) in [5.41, 5.74) is 1.72. The van der Waals surface area contributed by atoms with Gasteiger partial charge in [-0.15, -0.1) is 0 Å². The van der Waals surface area contributed by atoms with E-state index in [2.05, 4.69) is 4.98 Å². The van der Waals surface area contributed by atoms with E-state index in [1.54, 1.807) is 38.1 Å². The number of Topliss-reactive ketones (excluding diaryl/α,β-unsaturated/α-hetero) is 1. The van der Waals surface area contributed by atoms with E-state index in [0.717, 1.165) is 0 Å². The summed E-state index contributed by atoms with van der Waals surface area (Å²) in [5.74, 6) is 0.0940. The number of hydrogen-bond acceptors (Lipinski definition) is 3. The number of pyridine rings is 1. The van der Waals surface area contributed by atoms with Crippen LogP contribution < -0.4 is 4.74 Å². The van der Waals surface area contributed by atoms with Gasteiger partial charge in [0.1, 0.15) is 10.0 Å². The van der Waals surface area contributed by atoms with Crippen LogP contribution in [0, 0.1) is 13.8 Å². The van der Waals surface area contributed by atoms with Crippen LogP contribution in [-0.4, -0.2) is 17.4 Å². The average molecular weight is 345 g/mol. The van der Waals surface area contributed by atoms with Gasteiger partial charge in [-0.2, -0.15) is 0 Å². The standard InChI is InChI=1S/C15H12Cl3NO2/c1-8-13(17)15(14(18)9(2)19-8)21-7-12(20)10-3-5-11(16)6-4-10/h3-6H,7H2,1-2H3. The zero-order chi connectivity index (χ0) is 15.6. The van der Waals surface area contributed by atoms with Crippen molar-refractivity contribution < 1.29 is 9.53 Å². The molecule has 0 spiro atoms. The molecule has 110 valence electrons. The number of rotatable bonds is 4. The third kappa shape index (κ3) is 3.67. The highest BCUT2D eigenvalue weighted by molar-refractivity contribution is 6.37. The van der Waals surface area contributed by atoms with Crippen LogP contribution in [0.1, 0.15) is 21.7 Å². The molecular formula is C15H12Cl3NO2. The molecule has 3 nitrogen and oxygen atoms in total. The summed E-state index contributed by atoms with van der Waals surface area (Å²) in [4.78, 5) is 16.2. The van der Waals surface area contributed by atoms with E-state index in [1.807, 2.05) is 0 Å². The molecule has 1 aromatic heterocycles. The maximum Gasteiger partial charge on any atom is 0.200 e. The molecular weight excluding hydrogens is 333 g/mol. The lowest BCUT2D eigenvalue weighted by Crippen LogP contribution is -2.12. The van der Waals surface area contributed by atoms with E-state index < -0.39 is 0 Å². The van der Waals surface area contributed by atoms with Gasteiger partial charge in [0.25, 0.3) is 0 Å². The number of halogens is 3. The van der Waals surface area contributed by atoms with Gasteiger partial charge >= 0.3 is 0 Å². The van der Waals surface area contributed by atoms with Gasteiger partial charge in [-0.05, 0) is 38.1 Å². The summed E-state index contributed by atoms with van der Waals surface area (Å²) in [6, 6.07) is 6.57. The number of nitrogens with zero attached hydrogens (tertiary/aromatic N) is 1. The monoisotopic (exact) mass is 343 g/mol. The predicted molar refractivity (Wildman–Crippen MR) is 85.0 cm³/mol. The normalized spacial score (nSPS) is 10.5. The SMILES string of the molecule is Cc1nc(C)c(Cl)c(OCC(=O)c2ccc(Cl)cc2)c1Cl. The predicted octanol–water partition coefficient (Wildman–Crippen LogP) is 4.92. The molecule has 21 heavy (non-hydrogen) atoms. The quantitative estimate of drug-likeness (QED) is 0.739. The molecule has 2 aromatic rings. The molecule has 0 saturated carbocycles. The van der Waals surface area contributed by atoms with Crippen LogP contribution in [0.5, 0.6) is 5.75 Å². The highest BCUT2D eigenvalue weighted by atomic mass is 35.5. The van der Waals surface area contributed by atoms with Gasteiger partial charge in [0.15, 0.2) is 18.1 Å². The number of aromatic nitrogens is 1. The number of aryl methyl sites for hydroxylation is 2. The maximum atomic E-state index is 12.1. The molecule has 0 aliphatic carbocycles. The summed E-state index contributed by atoms with van der Waals surface area (Å²) in [7, 11) is 0. The molecule has 0 N–H and O–H groups in total. The third-order valence-electron chi connectivity index (χ3n) is 2.88. The van der Waals surface area contributed by atoms with Gasteiger partial charge < -0.3 is 4.74 Å². The maximum absolute atomic E-state index is 12.1. The largest absolute Gasteiger partial charge is 0.482 e. The first-order valence-electron chi connectivity index (χ1n) is 6.14. The molecule has 0 bridgehead atoms. The van der Waals surface area contributed by atoms with Crippen LogP contribution in [0.2, 0.25) is 15.1 Å². The van der Waals surface area contributed by atoms with Crippen molar-refractivity contribution in [2.75, 3.05) is 6.61 Å². The van der Waals surface area contributed by atoms with E-state index in [4.69, 9.17) is 39.5 Å². The van der Waals surface area contributed by atoms with Crippen molar-refractivity contribution in [3.63, 3.8) is 0 Å². The molecule has 0 amide bonds. The lowest BCUT2D eigenvalue weighted by Gasteiger charge is -2.12. The van der Waals surface area contributed by atoms with Gasteiger partial charge in [-0.3, -0.25) is 9.78 Å². The Bertz CT molecular complexity index is 658. The fourth-order valence-electron chi connectivity index (χ4n) is 1.76. The Labute approximate surface area is 137 Å². The van der Waals surface area contributed by atoms with Crippen LogP contribution >= 0.6 is 34.8 Å². The lowest BCUT2D eigenvalue weighted by atomic mass is 10.1. The second-order valence-electron chi connectivity index (χ2n) is 4.46. The number of carbonyl (C=O) groups is 1. The van der Waals surface area contributed by atoms with Crippen LogP contribution in [0.15, 0.2) is 24.3 Å². The van der Waals surface area contributed by atoms with E-state index in [9.17, 15) is 4.79 Å². The zero-order valence-electron chi connectivity index (χ0n) is 11.4. The summed E-state index contributed by atoms with van der Waals surface area (Å²) in [6.07, 6.45) is 0. The average Bonchev–Trinajstić information content (AvgIpc) is 2.45. The second kappa shape index (κ2) is 6.65.